The van der Waals surface area contributed by atoms with Gasteiger partial charge in [-0.3, -0.25) is 43.2 Å². The van der Waals surface area contributed by atoms with Crippen LogP contribution in [0.2, 0.25) is 25.2 Å². The molecule has 2 saturated carbocycles. The Kier molecular flexibility index (Phi) is 26.2. The fourth-order valence-corrected chi connectivity index (χ4v) is 11.9. The summed E-state index contributed by atoms with van der Waals surface area (Å²) >= 11 is 0. The molecule has 4 heterocycles. The first-order valence-electron chi connectivity index (χ1n) is 27.2. The quantitative estimate of drug-likeness (QED) is 0.0646. The summed E-state index contributed by atoms with van der Waals surface area (Å²) in [5, 5.41) is 0. The molecule has 0 bridgehead atoms. The Morgan fingerprint density at radius 2 is 0.963 bits per heavy atom. The molecule has 6 fully saturated rings. The number of esters is 9. The standard InChI is InChI=1S/C25H36O11.C21H30O11.C9H18O2Si/c1-15(26)31-14-19(32-16(2)27)22-24-23(35-25(36-24)12-8-5-9-13-25)21(33-17(3)28)18(34-22)10-6-7-11-20(29)30-4;1-11(22)26-10-15(27-12(2)23)16-17-18(32-21(31-17)8-6-5-7-9-21)19(28-13(3)24)20(30-16)29-14(4)25;1-6-8(12(3,4)5)7-9(10)11-2/h6-7,18-19,21-24H,5,8-14H2,1-4H3;15-20H,5-10H2,1-4H3;6,8H,1,7H2,2-5H3/b7-6+;;/t18-,19+,21-,22-,23-,24?;15-,16+,17?,18-,19-,20-;/m01./s1. The zero-order chi connectivity index (χ0) is 59.5. The van der Waals surface area contributed by atoms with E-state index in [9.17, 15) is 43.2 Å². The monoisotopic (exact) mass is 1160 g/mol. The Morgan fingerprint density at radius 3 is 1.36 bits per heavy atom. The van der Waals surface area contributed by atoms with Crippen molar-refractivity contribution in [3.63, 3.8) is 0 Å². The van der Waals surface area contributed by atoms with Crippen molar-refractivity contribution < 1.29 is 114 Å². The molecular formula is C55H84O24Si. The number of hydrogen-bond acceptors (Lipinski definition) is 24. The lowest BCUT2D eigenvalue weighted by Gasteiger charge is -2.43. The van der Waals surface area contributed by atoms with Crippen LogP contribution in [-0.4, -0.2) is 174 Å². The van der Waals surface area contributed by atoms with Crippen LogP contribution in [-0.2, 0) is 114 Å². The van der Waals surface area contributed by atoms with Crippen LogP contribution in [0.5, 0.6) is 0 Å². The SMILES string of the molecule is C=CC(CC(=O)OC)[Si](C)(C)C.CC(=O)OC[C@@H](OC(C)=O)[C@@H]1O[C@@H](OC(C)=O)[C@H](OC(C)=O)[C@@H]2OC3(CCCCC3)OC21.COC(=O)C/C=C/C[C@@H]1O[C@@H]([C@@H](COC(C)=O)OC(C)=O)C2OC3(CCCCC3)O[C@H]2[C@H]1OC(C)=O. The molecular weight excluding hydrogens is 1070 g/mol. The molecule has 24 nitrogen and oxygen atoms in total. The molecule has 3 unspecified atom stereocenters. The Hall–Kier alpha value is -5.31. The second kappa shape index (κ2) is 31.2. The molecule has 0 amide bonds. The lowest BCUT2D eigenvalue weighted by Crippen LogP contribution is -2.62. The number of carbonyl (C=O) groups excluding carboxylic acids is 9. The summed E-state index contributed by atoms with van der Waals surface area (Å²) in [5.74, 6) is -6.40. The second-order valence-electron chi connectivity index (χ2n) is 21.5. The molecule has 0 radical (unpaired) electrons. The van der Waals surface area contributed by atoms with Gasteiger partial charge in [0.1, 0.15) is 55.9 Å². The van der Waals surface area contributed by atoms with Crippen LogP contribution in [0.15, 0.2) is 24.8 Å². The van der Waals surface area contributed by atoms with E-state index in [2.05, 4.69) is 35.7 Å². The molecule has 0 aromatic rings. The summed E-state index contributed by atoms with van der Waals surface area (Å²) < 4.78 is 84.6. The zero-order valence-electron chi connectivity index (χ0n) is 48.3. The summed E-state index contributed by atoms with van der Waals surface area (Å²) in [6.07, 6.45) is 3.43. The lowest BCUT2D eigenvalue weighted by molar-refractivity contribution is -0.289. The number of allylic oxidation sites excluding steroid dienone is 1. The second-order valence-corrected chi connectivity index (χ2v) is 27.0. The molecule has 13 atom stereocenters. The van der Waals surface area contributed by atoms with Crippen LogP contribution in [0, 0.1) is 0 Å². The van der Waals surface area contributed by atoms with Gasteiger partial charge in [0.25, 0.3) is 0 Å². The highest BCUT2D eigenvalue weighted by Gasteiger charge is 2.63. The van der Waals surface area contributed by atoms with Crippen molar-refractivity contribution in [2.24, 2.45) is 0 Å². The van der Waals surface area contributed by atoms with Crippen LogP contribution < -0.4 is 0 Å². The average Bonchev–Trinajstić information content (AvgIpc) is 4.16. The first kappa shape index (κ1) is 67.2. The van der Waals surface area contributed by atoms with Gasteiger partial charge in [-0.2, -0.15) is 0 Å². The predicted octanol–water partition coefficient (Wildman–Crippen LogP) is 5.72. The maximum atomic E-state index is 12.0. The minimum atomic E-state index is -1.33. The molecule has 0 aromatic carbocycles. The van der Waals surface area contributed by atoms with Crippen molar-refractivity contribution in [1.82, 2.24) is 0 Å². The largest absolute Gasteiger partial charge is 0.469 e. The fourth-order valence-electron chi connectivity index (χ4n) is 10.4. The predicted molar refractivity (Wildman–Crippen MR) is 280 cm³/mol. The van der Waals surface area contributed by atoms with E-state index in [1.54, 1.807) is 12.2 Å². The maximum Gasteiger partial charge on any atom is 0.309 e. The molecule has 452 valence electrons. The fraction of sp³-hybridized carbons (Fsp3) is 0.764. The summed E-state index contributed by atoms with van der Waals surface area (Å²) in [5.41, 5.74) is 0.324. The highest BCUT2D eigenvalue weighted by atomic mass is 28.3. The number of hydrogen-bond donors (Lipinski definition) is 0. The van der Waals surface area contributed by atoms with Gasteiger partial charge in [0, 0.05) is 80.6 Å². The molecule has 0 N–H and O–H groups in total. The third-order valence-electron chi connectivity index (χ3n) is 14.0. The summed E-state index contributed by atoms with van der Waals surface area (Å²) in [4.78, 5) is 105. The van der Waals surface area contributed by atoms with Gasteiger partial charge < -0.3 is 71.1 Å². The number of methoxy groups -OCH3 is 2. The third kappa shape index (κ3) is 20.3. The molecule has 4 aliphatic heterocycles. The number of fused-ring (bicyclic) bond motifs is 2. The molecule has 25 heteroatoms. The van der Waals surface area contributed by atoms with Gasteiger partial charge >= 0.3 is 53.7 Å². The van der Waals surface area contributed by atoms with Gasteiger partial charge in [-0.15, -0.1) is 6.58 Å². The first-order chi connectivity index (χ1) is 37.6. The molecule has 6 aliphatic rings. The molecule has 2 spiro atoms. The molecule has 80 heavy (non-hydrogen) atoms. The van der Waals surface area contributed by atoms with Gasteiger partial charge in [0.15, 0.2) is 36.0 Å². The van der Waals surface area contributed by atoms with Crippen molar-refractivity contribution in [2.45, 2.75) is 242 Å². The van der Waals surface area contributed by atoms with Crippen molar-refractivity contribution in [2.75, 3.05) is 27.4 Å². The van der Waals surface area contributed by atoms with Crippen LogP contribution in [0.3, 0.4) is 0 Å². The van der Waals surface area contributed by atoms with Crippen LogP contribution in [0.1, 0.15) is 132 Å². The van der Waals surface area contributed by atoms with E-state index in [0.29, 0.717) is 37.6 Å². The minimum absolute atomic E-state index is 0.0716. The van der Waals surface area contributed by atoms with E-state index in [1.807, 2.05) is 6.08 Å². The first-order valence-corrected chi connectivity index (χ1v) is 30.8. The number of ether oxygens (including phenoxy) is 15. The van der Waals surface area contributed by atoms with Crippen molar-refractivity contribution in [3.05, 3.63) is 24.8 Å². The van der Waals surface area contributed by atoms with E-state index < -0.39 is 141 Å². The lowest BCUT2D eigenvalue weighted by atomic mass is 9.90. The van der Waals surface area contributed by atoms with Gasteiger partial charge in [-0.25, -0.2) is 0 Å². The Bertz CT molecular complexity index is 2150. The maximum absolute atomic E-state index is 12.0. The molecule has 2 aliphatic carbocycles. The summed E-state index contributed by atoms with van der Waals surface area (Å²) in [7, 11) is 1.44. The zero-order valence-corrected chi connectivity index (χ0v) is 49.3. The average molecular weight is 1160 g/mol. The normalized spacial score (nSPS) is 28.2. The highest BCUT2D eigenvalue weighted by Crippen LogP contribution is 2.48. The Morgan fingerprint density at radius 1 is 0.537 bits per heavy atom. The number of carbonyl (C=O) groups is 9. The highest BCUT2D eigenvalue weighted by molar-refractivity contribution is 6.78. The molecule has 0 aromatic heterocycles. The van der Waals surface area contributed by atoms with E-state index >= 15 is 0 Å². The van der Waals surface area contributed by atoms with Crippen molar-refractivity contribution in [1.29, 1.82) is 0 Å². The van der Waals surface area contributed by atoms with Gasteiger partial charge in [-0.1, -0.05) is 50.7 Å². The third-order valence-corrected chi connectivity index (χ3v) is 16.7. The van der Waals surface area contributed by atoms with E-state index in [0.717, 1.165) is 38.5 Å². The van der Waals surface area contributed by atoms with Crippen LogP contribution >= 0.6 is 0 Å². The minimum Gasteiger partial charge on any atom is -0.469 e. The van der Waals surface area contributed by atoms with E-state index in [-0.39, 0.29) is 32.0 Å². The van der Waals surface area contributed by atoms with Gasteiger partial charge in [-0.05, 0) is 37.6 Å². The summed E-state index contributed by atoms with van der Waals surface area (Å²) in [6, 6.07) is 0. The molecule has 6 rings (SSSR count). The van der Waals surface area contributed by atoms with Crippen LogP contribution in [0.25, 0.3) is 0 Å². The molecule has 4 saturated heterocycles. The Balaban J connectivity index is 0.000000288. The van der Waals surface area contributed by atoms with Crippen LogP contribution in [0.4, 0.5) is 0 Å². The van der Waals surface area contributed by atoms with Crippen molar-refractivity contribution >= 4 is 61.8 Å². The van der Waals surface area contributed by atoms with Crippen molar-refractivity contribution in [3.8, 4) is 0 Å². The topological polar surface area (TPSA) is 292 Å². The smallest absolute Gasteiger partial charge is 0.309 e. The summed E-state index contributed by atoms with van der Waals surface area (Å²) in [6.45, 7) is 18.5. The van der Waals surface area contributed by atoms with E-state index in [1.165, 1.54) is 62.7 Å². The van der Waals surface area contributed by atoms with E-state index in [4.69, 9.17) is 61.6 Å². The number of rotatable bonds is 19. The van der Waals surface area contributed by atoms with Gasteiger partial charge in [0.05, 0.1) is 28.7 Å². The van der Waals surface area contributed by atoms with Gasteiger partial charge in [0.2, 0.25) is 6.29 Å². The Labute approximate surface area is 469 Å².